The van der Waals surface area contributed by atoms with E-state index in [1.165, 1.54) is 7.11 Å². The first kappa shape index (κ1) is 17.9. The van der Waals surface area contributed by atoms with Gasteiger partial charge < -0.3 is 9.64 Å². The van der Waals surface area contributed by atoms with Crippen LogP contribution in [-0.2, 0) is 14.3 Å². The summed E-state index contributed by atoms with van der Waals surface area (Å²) in [6.07, 6.45) is 2.95. The second-order valence-electron chi connectivity index (χ2n) is 5.35. The monoisotopic (exact) mass is 271 g/mol. The van der Waals surface area contributed by atoms with Gasteiger partial charge in [-0.05, 0) is 25.2 Å². The number of rotatable bonds is 9. The quantitative estimate of drug-likeness (QED) is 0.606. The summed E-state index contributed by atoms with van der Waals surface area (Å²) in [4.78, 5) is 25.4. The Morgan fingerprint density at radius 3 is 2.11 bits per heavy atom. The Labute approximate surface area is 117 Å². The molecular formula is C15H29NO3. The molecule has 0 radical (unpaired) electrons. The van der Waals surface area contributed by atoms with Crippen LogP contribution in [0.5, 0.6) is 0 Å². The number of esters is 1. The number of methoxy groups -OCH3 is 1. The molecule has 0 fully saturated rings. The van der Waals surface area contributed by atoms with Crippen LogP contribution in [0.3, 0.4) is 0 Å². The van der Waals surface area contributed by atoms with Crippen molar-refractivity contribution in [1.29, 1.82) is 0 Å². The van der Waals surface area contributed by atoms with Gasteiger partial charge in [-0.1, -0.05) is 27.7 Å². The first-order valence-corrected chi connectivity index (χ1v) is 7.31. The van der Waals surface area contributed by atoms with Gasteiger partial charge in [-0.15, -0.1) is 0 Å². The van der Waals surface area contributed by atoms with Crippen molar-refractivity contribution in [3.63, 3.8) is 0 Å². The molecule has 0 saturated carbocycles. The molecule has 0 bridgehead atoms. The van der Waals surface area contributed by atoms with E-state index in [4.69, 9.17) is 0 Å². The summed E-state index contributed by atoms with van der Waals surface area (Å²) in [6, 6.07) is 0. The molecule has 0 atom stereocenters. The molecule has 0 aliphatic heterocycles. The van der Waals surface area contributed by atoms with Crippen LogP contribution >= 0.6 is 0 Å². The van der Waals surface area contributed by atoms with Crippen molar-refractivity contribution in [2.45, 2.75) is 53.4 Å². The molecule has 0 aromatic heterocycles. The number of amides is 1. The van der Waals surface area contributed by atoms with Crippen molar-refractivity contribution in [1.82, 2.24) is 4.90 Å². The molecule has 0 rings (SSSR count). The fourth-order valence-electron chi connectivity index (χ4n) is 1.97. The van der Waals surface area contributed by atoms with Crippen LogP contribution in [0.1, 0.15) is 53.4 Å². The normalized spacial score (nSPS) is 10.9. The molecule has 0 saturated heterocycles. The molecule has 0 aromatic rings. The number of nitrogens with zero attached hydrogens (tertiary/aromatic N) is 1. The third kappa shape index (κ3) is 7.19. The smallest absolute Gasteiger partial charge is 0.307 e. The van der Waals surface area contributed by atoms with E-state index < -0.39 is 0 Å². The van der Waals surface area contributed by atoms with Crippen molar-refractivity contribution in [3.05, 3.63) is 0 Å². The standard InChI is InChI=1S/C15H29NO3/c1-6-13(7-2)15(18)16(10-8-12(3)4)11-9-14(17)19-5/h12-13H,6-11H2,1-5H3. The van der Waals surface area contributed by atoms with Gasteiger partial charge in [0.15, 0.2) is 0 Å². The molecule has 19 heavy (non-hydrogen) atoms. The van der Waals surface area contributed by atoms with Crippen molar-refractivity contribution in [2.24, 2.45) is 11.8 Å². The highest BCUT2D eigenvalue weighted by molar-refractivity contribution is 5.79. The lowest BCUT2D eigenvalue weighted by atomic mass is 10.0. The molecule has 0 spiro atoms. The summed E-state index contributed by atoms with van der Waals surface area (Å²) >= 11 is 0. The van der Waals surface area contributed by atoms with Crippen molar-refractivity contribution < 1.29 is 14.3 Å². The Kier molecular flexibility index (Phi) is 9.27. The molecule has 112 valence electrons. The Hall–Kier alpha value is -1.06. The minimum absolute atomic E-state index is 0.0739. The predicted molar refractivity (Wildman–Crippen MR) is 76.7 cm³/mol. The molecule has 0 aliphatic carbocycles. The third-order valence-corrected chi connectivity index (χ3v) is 3.44. The highest BCUT2D eigenvalue weighted by atomic mass is 16.5. The fraction of sp³-hybridized carbons (Fsp3) is 0.867. The van der Waals surface area contributed by atoms with E-state index in [1.807, 2.05) is 18.7 Å². The van der Waals surface area contributed by atoms with Crippen LogP contribution in [0.4, 0.5) is 0 Å². The lowest BCUT2D eigenvalue weighted by Crippen LogP contribution is -2.38. The molecular weight excluding hydrogens is 242 g/mol. The second kappa shape index (κ2) is 9.82. The van der Waals surface area contributed by atoms with Gasteiger partial charge in [-0.2, -0.15) is 0 Å². The van der Waals surface area contributed by atoms with Crippen molar-refractivity contribution in [2.75, 3.05) is 20.2 Å². The zero-order valence-electron chi connectivity index (χ0n) is 13.1. The summed E-state index contributed by atoms with van der Waals surface area (Å²) in [5.41, 5.74) is 0. The zero-order chi connectivity index (χ0) is 14.8. The lowest BCUT2D eigenvalue weighted by molar-refractivity contribution is -0.142. The van der Waals surface area contributed by atoms with Crippen LogP contribution in [0.2, 0.25) is 0 Å². The average molecular weight is 271 g/mol. The molecule has 0 aromatic carbocycles. The highest BCUT2D eigenvalue weighted by Gasteiger charge is 2.22. The van der Waals surface area contributed by atoms with Gasteiger partial charge in [0.25, 0.3) is 0 Å². The number of hydrogen-bond donors (Lipinski definition) is 0. The van der Waals surface area contributed by atoms with Gasteiger partial charge >= 0.3 is 5.97 Å². The molecule has 0 N–H and O–H groups in total. The van der Waals surface area contributed by atoms with Crippen molar-refractivity contribution >= 4 is 11.9 Å². The fourth-order valence-corrected chi connectivity index (χ4v) is 1.97. The minimum Gasteiger partial charge on any atom is -0.469 e. The van der Waals surface area contributed by atoms with E-state index >= 15 is 0 Å². The van der Waals surface area contributed by atoms with E-state index in [9.17, 15) is 9.59 Å². The average Bonchev–Trinajstić information content (AvgIpc) is 2.39. The predicted octanol–water partition coefficient (Wildman–Crippen LogP) is 2.86. The first-order valence-electron chi connectivity index (χ1n) is 7.31. The topological polar surface area (TPSA) is 46.6 Å². The SMILES string of the molecule is CCC(CC)C(=O)N(CCC(=O)OC)CCC(C)C. The summed E-state index contributed by atoms with van der Waals surface area (Å²) in [6.45, 7) is 9.54. The Bertz CT molecular complexity index is 273. The van der Waals surface area contributed by atoms with E-state index in [-0.39, 0.29) is 24.2 Å². The Balaban J connectivity index is 4.54. The summed E-state index contributed by atoms with van der Waals surface area (Å²) in [5, 5.41) is 0. The van der Waals surface area contributed by atoms with E-state index in [2.05, 4.69) is 18.6 Å². The van der Waals surface area contributed by atoms with Gasteiger partial charge in [0.2, 0.25) is 5.91 Å². The number of carbonyl (C=O) groups excluding carboxylic acids is 2. The molecule has 0 unspecified atom stereocenters. The summed E-state index contributed by atoms with van der Waals surface area (Å²) < 4.78 is 4.64. The molecule has 0 aliphatic rings. The number of ether oxygens (including phenoxy) is 1. The largest absolute Gasteiger partial charge is 0.469 e. The maximum Gasteiger partial charge on any atom is 0.307 e. The second-order valence-corrected chi connectivity index (χ2v) is 5.35. The van der Waals surface area contributed by atoms with Gasteiger partial charge in [-0.25, -0.2) is 0 Å². The maximum atomic E-state index is 12.4. The zero-order valence-corrected chi connectivity index (χ0v) is 13.1. The van der Waals surface area contributed by atoms with Crippen LogP contribution in [0, 0.1) is 11.8 Å². The van der Waals surface area contributed by atoms with Crippen LogP contribution in [-0.4, -0.2) is 37.0 Å². The first-order chi connectivity index (χ1) is 8.96. The van der Waals surface area contributed by atoms with E-state index in [1.54, 1.807) is 0 Å². The van der Waals surface area contributed by atoms with Crippen LogP contribution in [0.25, 0.3) is 0 Å². The molecule has 4 heteroatoms. The van der Waals surface area contributed by atoms with E-state index in [0.717, 1.165) is 25.8 Å². The number of hydrogen-bond acceptors (Lipinski definition) is 3. The Morgan fingerprint density at radius 2 is 1.68 bits per heavy atom. The van der Waals surface area contributed by atoms with Crippen LogP contribution < -0.4 is 0 Å². The molecule has 0 heterocycles. The third-order valence-electron chi connectivity index (χ3n) is 3.44. The van der Waals surface area contributed by atoms with Gasteiger partial charge in [0.1, 0.15) is 0 Å². The number of carbonyl (C=O) groups is 2. The highest BCUT2D eigenvalue weighted by Crippen LogP contribution is 2.14. The van der Waals surface area contributed by atoms with Gasteiger partial charge in [0, 0.05) is 19.0 Å². The van der Waals surface area contributed by atoms with Gasteiger partial charge in [-0.3, -0.25) is 9.59 Å². The molecule has 1 amide bonds. The summed E-state index contributed by atoms with van der Waals surface area (Å²) in [7, 11) is 1.38. The van der Waals surface area contributed by atoms with Crippen LogP contribution in [0.15, 0.2) is 0 Å². The van der Waals surface area contributed by atoms with Crippen molar-refractivity contribution in [3.8, 4) is 0 Å². The summed E-state index contributed by atoms with van der Waals surface area (Å²) in [5.74, 6) is 0.543. The molecule has 4 nitrogen and oxygen atoms in total. The van der Waals surface area contributed by atoms with E-state index in [0.29, 0.717) is 12.5 Å². The maximum absolute atomic E-state index is 12.4. The van der Waals surface area contributed by atoms with Gasteiger partial charge in [0.05, 0.1) is 13.5 Å². The Morgan fingerprint density at radius 1 is 1.11 bits per heavy atom. The lowest BCUT2D eigenvalue weighted by Gasteiger charge is -2.27. The minimum atomic E-state index is -0.258.